The predicted octanol–water partition coefficient (Wildman–Crippen LogP) is 4.27. The van der Waals surface area contributed by atoms with E-state index in [9.17, 15) is 4.79 Å². The van der Waals surface area contributed by atoms with Crippen molar-refractivity contribution in [3.63, 3.8) is 0 Å². The van der Waals surface area contributed by atoms with Gasteiger partial charge in [-0.05, 0) is 35.4 Å². The molecule has 0 unspecified atom stereocenters. The first-order valence-electron chi connectivity index (χ1n) is 10.5. The van der Waals surface area contributed by atoms with Crippen LogP contribution < -0.4 is 0 Å². The van der Waals surface area contributed by atoms with Gasteiger partial charge in [0.25, 0.3) is 0 Å². The van der Waals surface area contributed by atoms with Crippen LogP contribution in [0.4, 0.5) is 4.79 Å². The summed E-state index contributed by atoms with van der Waals surface area (Å²) in [5, 5.41) is 0. The van der Waals surface area contributed by atoms with Crippen molar-refractivity contribution in [2.45, 2.75) is 13.1 Å². The van der Waals surface area contributed by atoms with E-state index >= 15 is 0 Å². The number of rotatable bonds is 4. The van der Waals surface area contributed by atoms with Crippen molar-refractivity contribution < 1.29 is 4.79 Å². The monoisotopic (exact) mass is 534 g/mol. The average molecular weight is 536 g/mol. The molecule has 7 heteroatoms. The molecule has 4 rings (SSSR count). The molecule has 160 valence electrons. The van der Waals surface area contributed by atoms with Gasteiger partial charge in [-0.3, -0.25) is 9.80 Å². The number of urea groups is 1. The van der Waals surface area contributed by atoms with Gasteiger partial charge in [-0.1, -0.05) is 56.1 Å². The molecule has 0 aliphatic carbocycles. The van der Waals surface area contributed by atoms with E-state index in [0.717, 1.165) is 74.4 Å². The Hall–Kier alpha value is -1.41. The lowest BCUT2D eigenvalue weighted by Crippen LogP contribution is -2.56. The predicted molar refractivity (Wildman–Crippen MR) is 127 cm³/mol. The van der Waals surface area contributed by atoms with E-state index < -0.39 is 0 Å². The molecule has 0 saturated carbocycles. The molecule has 0 N–H and O–H groups in total. The average Bonchev–Trinajstić information content (AvgIpc) is 2.77. The molecule has 2 aromatic rings. The number of benzene rings is 2. The van der Waals surface area contributed by atoms with Crippen LogP contribution in [0.25, 0.3) is 0 Å². The van der Waals surface area contributed by atoms with Crippen LogP contribution in [-0.4, -0.2) is 78.0 Å². The maximum Gasteiger partial charge on any atom is 0.320 e. The molecule has 0 spiro atoms. The van der Waals surface area contributed by atoms with Gasteiger partial charge in [-0.2, -0.15) is 0 Å². The Morgan fingerprint density at radius 2 is 0.933 bits per heavy atom. The number of hydrogen-bond acceptors (Lipinski definition) is 3. The lowest BCUT2D eigenvalue weighted by molar-refractivity contribution is 0.0870. The molecule has 30 heavy (non-hydrogen) atoms. The Morgan fingerprint density at radius 1 is 0.600 bits per heavy atom. The van der Waals surface area contributed by atoms with Crippen LogP contribution in [0.2, 0.25) is 0 Å². The second-order valence-electron chi connectivity index (χ2n) is 8.06. The summed E-state index contributed by atoms with van der Waals surface area (Å²) in [4.78, 5) is 21.9. The second-order valence-corrected chi connectivity index (χ2v) is 9.89. The van der Waals surface area contributed by atoms with Gasteiger partial charge in [0.1, 0.15) is 0 Å². The van der Waals surface area contributed by atoms with Crippen LogP contribution in [0, 0.1) is 0 Å². The first-order chi connectivity index (χ1) is 14.6. The minimum atomic E-state index is 0.210. The van der Waals surface area contributed by atoms with E-state index in [4.69, 9.17) is 0 Å². The third kappa shape index (κ3) is 5.84. The highest BCUT2D eigenvalue weighted by molar-refractivity contribution is 9.10. The third-order valence-corrected chi connectivity index (χ3v) is 6.98. The van der Waals surface area contributed by atoms with E-state index in [0.29, 0.717) is 0 Å². The molecule has 2 saturated heterocycles. The number of amides is 2. The number of carbonyl (C=O) groups excluding carboxylic acids is 1. The molecule has 2 aliphatic heterocycles. The van der Waals surface area contributed by atoms with Gasteiger partial charge in [0.05, 0.1) is 0 Å². The Balaban J connectivity index is 1.20. The molecule has 2 amide bonds. The Morgan fingerprint density at radius 3 is 1.27 bits per heavy atom. The van der Waals surface area contributed by atoms with Crippen LogP contribution in [0.5, 0.6) is 0 Å². The van der Waals surface area contributed by atoms with E-state index in [1.54, 1.807) is 0 Å². The van der Waals surface area contributed by atoms with Crippen molar-refractivity contribution in [2.24, 2.45) is 0 Å². The zero-order valence-electron chi connectivity index (χ0n) is 17.1. The highest BCUT2D eigenvalue weighted by Gasteiger charge is 2.27. The minimum absolute atomic E-state index is 0.210. The van der Waals surface area contributed by atoms with Gasteiger partial charge in [-0.15, -0.1) is 0 Å². The summed E-state index contributed by atoms with van der Waals surface area (Å²) in [5.41, 5.74) is 2.64. The number of nitrogens with zero attached hydrogens (tertiary/aromatic N) is 4. The van der Waals surface area contributed by atoms with Crippen LogP contribution >= 0.6 is 31.9 Å². The number of piperazine rings is 2. The first-order valence-corrected chi connectivity index (χ1v) is 12.1. The van der Waals surface area contributed by atoms with Gasteiger partial charge in [0.2, 0.25) is 0 Å². The topological polar surface area (TPSA) is 30.0 Å². The van der Waals surface area contributed by atoms with Gasteiger partial charge >= 0.3 is 6.03 Å². The van der Waals surface area contributed by atoms with Gasteiger partial charge in [-0.25, -0.2) is 4.79 Å². The van der Waals surface area contributed by atoms with E-state index in [-0.39, 0.29) is 6.03 Å². The molecule has 0 bridgehead atoms. The van der Waals surface area contributed by atoms with Crippen molar-refractivity contribution in [2.75, 3.05) is 52.4 Å². The summed E-state index contributed by atoms with van der Waals surface area (Å²) < 4.78 is 2.22. The van der Waals surface area contributed by atoms with Gasteiger partial charge in [0.15, 0.2) is 0 Å². The van der Waals surface area contributed by atoms with Gasteiger partial charge in [0, 0.05) is 74.4 Å². The minimum Gasteiger partial charge on any atom is -0.322 e. The zero-order valence-corrected chi connectivity index (χ0v) is 20.3. The fourth-order valence-corrected chi connectivity index (χ4v) is 4.62. The van der Waals surface area contributed by atoms with Crippen molar-refractivity contribution in [1.29, 1.82) is 0 Å². The van der Waals surface area contributed by atoms with Gasteiger partial charge < -0.3 is 9.80 Å². The quantitative estimate of drug-likeness (QED) is 0.585. The fraction of sp³-hybridized carbons (Fsp3) is 0.435. The SMILES string of the molecule is O=C(N1CCN(Cc2ccc(Br)cc2)CC1)N1CCN(Cc2ccc(Br)cc2)CC1. The lowest BCUT2D eigenvalue weighted by Gasteiger charge is -2.40. The summed E-state index contributed by atoms with van der Waals surface area (Å²) in [5.74, 6) is 0. The Bertz CT molecular complexity index is 758. The molecular weight excluding hydrogens is 508 g/mol. The molecule has 2 aromatic carbocycles. The van der Waals surface area contributed by atoms with Crippen molar-refractivity contribution in [3.8, 4) is 0 Å². The highest BCUT2D eigenvalue weighted by atomic mass is 79.9. The summed E-state index contributed by atoms with van der Waals surface area (Å²) in [6, 6.07) is 17.2. The van der Waals surface area contributed by atoms with E-state index in [1.165, 1.54) is 11.1 Å². The smallest absolute Gasteiger partial charge is 0.320 e. The molecule has 2 heterocycles. The molecule has 2 fully saturated rings. The second kappa shape index (κ2) is 10.3. The van der Waals surface area contributed by atoms with Crippen LogP contribution in [0.15, 0.2) is 57.5 Å². The summed E-state index contributed by atoms with van der Waals surface area (Å²) in [7, 11) is 0. The summed E-state index contributed by atoms with van der Waals surface area (Å²) in [6.45, 7) is 8.90. The lowest BCUT2D eigenvalue weighted by atomic mass is 10.2. The maximum atomic E-state index is 13.0. The Kier molecular flexibility index (Phi) is 7.46. The largest absolute Gasteiger partial charge is 0.322 e. The summed E-state index contributed by atoms with van der Waals surface area (Å²) >= 11 is 6.98. The molecule has 2 aliphatic rings. The normalized spacial score (nSPS) is 18.6. The van der Waals surface area contributed by atoms with Crippen molar-refractivity contribution in [1.82, 2.24) is 19.6 Å². The summed E-state index contributed by atoms with van der Waals surface area (Å²) in [6.07, 6.45) is 0. The molecule has 0 radical (unpaired) electrons. The van der Waals surface area contributed by atoms with E-state index in [1.807, 2.05) is 9.80 Å². The van der Waals surface area contributed by atoms with Crippen LogP contribution in [0.3, 0.4) is 0 Å². The van der Waals surface area contributed by atoms with Crippen LogP contribution in [-0.2, 0) is 13.1 Å². The highest BCUT2D eigenvalue weighted by Crippen LogP contribution is 2.16. The number of carbonyl (C=O) groups is 1. The first kappa shape index (κ1) is 21.8. The van der Waals surface area contributed by atoms with Crippen molar-refractivity contribution in [3.05, 3.63) is 68.6 Å². The molecular formula is C23H28Br2N4O. The number of hydrogen-bond donors (Lipinski definition) is 0. The standard InChI is InChI=1S/C23H28Br2N4O/c24-21-5-1-19(2-6-21)17-26-9-13-28(14-10-26)23(30)29-15-11-27(12-16-29)18-20-3-7-22(25)8-4-20/h1-8H,9-18H2. The van der Waals surface area contributed by atoms with E-state index in [2.05, 4.69) is 90.2 Å². The molecule has 0 atom stereocenters. The van der Waals surface area contributed by atoms with Crippen molar-refractivity contribution >= 4 is 37.9 Å². The molecule has 0 aromatic heterocycles. The molecule has 5 nitrogen and oxygen atoms in total. The third-order valence-electron chi connectivity index (χ3n) is 5.92. The number of halogens is 2. The maximum absolute atomic E-state index is 13.0. The zero-order chi connectivity index (χ0) is 20.9. The Labute approximate surface area is 195 Å². The fourth-order valence-electron chi connectivity index (χ4n) is 4.09. The van der Waals surface area contributed by atoms with Crippen LogP contribution in [0.1, 0.15) is 11.1 Å².